The molecule has 0 radical (unpaired) electrons. The Bertz CT molecular complexity index is 1140. The van der Waals surface area contributed by atoms with E-state index in [1.807, 2.05) is 6.07 Å². The number of nitrogens with zero attached hydrogens (tertiary/aromatic N) is 1. The maximum Gasteiger partial charge on any atom is 0.356 e. The van der Waals surface area contributed by atoms with E-state index in [0.29, 0.717) is 28.1 Å². The molecule has 0 fully saturated rings. The maximum atomic E-state index is 12.1. The number of esters is 1. The lowest BCUT2D eigenvalue weighted by Gasteiger charge is -2.14. The van der Waals surface area contributed by atoms with Crippen LogP contribution in [0.25, 0.3) is 33.6 Å². The molecule has 4 N–H and O–H groups in total. The van der Waals surface area contributed by atoms with Gasteiger partial charge >= 0.3 is 5.97 Å². The first kappa shape index (κ1) is 14.9. The predicted octanol–water partition coefficient (Wildman–Crippen LogP) is 2.78. The highest BCUT2D eigenvalue weighted by molar-refractivity contribution is 6.06. The molecule has 2 aromatic rings. The van der Waals surface area contributed by atoms with Gasteiger partial charge < -0.3 is 25.3 Å². The molecule has 1 aliphatic carbocycles. The van der Waals surface area contributed by atoms with Gasteiger partial charge in [0.1, 0.15) is 17.0 Å². The Hall–Kier alpha value is -3.61. The number of aromatic amines is 1. The maximum absolute atomic E-state index is 12.1. The zero-order valence-electron chi connectivity index (χ0n) is 13.3. The van der Waals surface area contributed by atoms with E-state index in [-0.39, 0.29) is 5.69 Å². The van der Waals surface area contributed by atoms with Crippen molar-refractivity contribution in [2.24, 2.45) is 0 Å². The summed E-state index contributed by atoms with van der Waals surface area (Å²) in [4.78, 5) is 19.2. The second-order valence-electron chi connectivity index (χ2n) is 5.56. The summed E-state index contributed by atoms with van der Waals surface area (Å²) in [5.41, 5.74) is 9.15. The third-order valence-electron chi connectivity index (χ3n) is 4.01. The Morgan fingerprint density at radius 3 is 2.92 bits per heavy atom. The van der Waals surface area contributed by atoms with Crippen molar-refractivity contribution in [3.8, 4) is 22.6 Å². The van der Waals surface area contributed by atoms with Gasteiger partial charge in [0, 0.05) is 34.3 Å². The standard InChI is InChI=1S/C18H14N4O3/c1-24-18(23)17-16(21-8-22-17)15-11-4-2-9(19)6-13(11)25-14-7-10(20)3-5-12(14)15/h2-8,19H,20H2,1H3,(H,21,22). The third kappa shape index (κ3) is 2.33. The van der Waals surface area contributed by atoms with Crippen molar-refractivity contribution < 1.29 is 13.9 Å². The summed E-state index contributed by atoms with van der Waals surface area (Å²) in [6.07, 6.45) is 1.44. The van der Waals surface area contributed by atoms with E-state index >= 15 is 0 Å². The van der Waals surface area contributed by atoms with Gasteiger partial charge in [-0.15, -0.1) is 0 Å². The second kappa shape index (κ2) is 5.48. The Labute approximate surface area is 141 Å². The first-order chi connectivity index (χ1) is 12.1. The van der Waals surface area contributed by atoms with Crippen LogP contribution in [0, 0.1) is 5.41 Å². The van der Waals surface area contributed by atoms with Crippen molar-refractivity contribution >= 4 is 22.6 Å². The molecule has 1 aromatic carbocycles. The highest BCUT2D eigenvalue weighted by Crippen LogP contribution is 2.40. The van der Waals surface area contributed by atoms with Gasteiger partial charge in [0.25, 0.3) is 0 Å². The summed E-state index contributed by atoms with van der Waals surface area (Å²) < 4.78 is 10.8. The monoisotopic (exact) mass is 334 g/mol. The number of carbonyl (C=O) groups is 1. The number of fused-ring (bicyclic) bond motifs is 2. The van der Waals surface area contributed by atoms with E-state index in [0.717, 1.165) is 16.5 Å². The molecular formula is C18H14N4O3. The van der Waals surface area contributed by atoms with E-state index in [4.69, 9.17) is 20.3 Å². The molecular weight excluding hydrogens is 320 g/mol. The van der Waals surface area contributed by atoms with Crippen LogP contribution in [-0.2, 0) is 4.74 Å². The van der Waals surface area contributed by atoms with Crippen LogP contribution in [-0.4, -0.2) is 23.0 Å². The molecule has 2 heterocycles. The summed E-state index contributed by atoms with van der Waals surface area (Å²) in [6.45, 7) is 0. The summed E-state index contributed by atoms with van der Waals surface area (Å²) >= 11 is 0. The minimum atomic E-state index is -0.512. The number of carbonyl (C=O) groups excluding carboxylic acids is 1. The van der Waals surface area contributed by atoms with Crippen molar-refractivity contribution in [1.82, 2.24) is 9.97 Å². The average molecular weight is 334 g/mol. The number of hydrogen-bond acceptors (Lipinski definition) is 6. The molecule has 0 saturated heterocycles. The van der Waals surface area contributed by atoms with Crippen LogP contribution in [0.1, 0.15) is 10.5 Å². The molecule has 4 rings (SSSR count). The van der Waals surface area contributed by atoms with E-state index in [9.17, 15) is 4.79 Å². The largest absolute Gasteiger partial charge is 0.464 e. The van der Waals surface area contributed by atoms with Crippen LogP contribution < -0.4 is 11.1 Å². The number of anilines is 1. The number of imidazole rings is 1. The highest BCUT2D eigenvalue weighted by Gasteiger charge is 2.24. The third-order valence-corrected chi connectivity index (χ3v) is 4.01. The first-order valence-electron chi connectivity index (χ1n) is 7.51. The lowest BCUT2D eigenvalue weighted by atomic mass is 9.96. The Morgan fingerprint density at radius 2 is 2.12 bits per heavy atom. The number of ether oxygens (including phenoxy) is 1. The number of benzene rings is 2. The van der Waals surface area contributed by atoms with Gasteiger partial charge in [-0.3, -0.25) is 0 Å². The molecule has 7 nitrogen and oxygen atoms in total. The van der Waals surface area contributed by atoms with Crippen molar-refractivity contribution in [2.45, 2.75) is 0 Å². The van der Waals surface area contributed by atoms with Crippen molar-refractivity contribution in [1.29, 1.82) is 5.41 Å². The van der Waals surface area contributed by atoms with Gasteiger partial charge in [0.15, 0.2) is 5.69 Å². The number of nitrogens with one attached hydrogen (secondary N) is 2. The summed E-state index contributed by atoms with van der Waals surface area (Å²) in [6, 6.07) is 10.4. The molecule has 2 aliphatic rings. The molecule has 124 valence electrons. The number of H-pyrrole nitrogens is 1. The Morgan fingerprint density at radius 1 is 1.28 bits per heavy atom. The minimum absolute atomic E-state index is 0.253. The van der Waals surface area contributed by atoms with Crippen LogP contribution in [0.4, 0.5) is 5.69 Å². The highest BCUT2D eigenvalue weighted by atomic mass is 16.5. The number of aromatic nitrogens is 2. The van der Waals surface area contributed by atoms with Gasteiger partial charge in [0.2, 0.25) is 0 Å². The van der Waals surface area contributed by atoms with Gasteiger partial charge in [-0.1, -0.05) is 0 Å². The Balaban J connectivity index is 2.16. The van der Waals surface area contributed by atoms with E-state index in [2.05, 4.69) is 9.97 Å². The fraction of sp³-hybridized carbons (Fsp3) is 0.0556. The number of methoxy groups -OCH3 is 1. The van der Waals surface area contributed by atoms with E-state index in [1.165, 1.54) is 13.4 Å². The minimum Gasteiger partial charge on any atom is -0.464 e. The molecule has 7 heteroatoms. The van der Waals surface area contributed by atoms with Gasteiger partial charge in [-0.2, -0.15) is 0 Å². The van der Waals surface area contributed by atoms with Crippen LogP contribution in [0.3, 0.4) is 0 Å². The molecule has 1 aliphatic heterocycles. The summed E-state index contributed by atoms with van der Waals surface area (Å²) in [7, 11) is 1.32. The summed E-state index contributed by atoms with van der Waals surface area (Å²) in [5, 5.41) is 8.91. The van der Waals surface area contributed by atoms with Gasteiger partial charge in [-0.25, -0.2) is 9.78 Å². The zero-order chi connectivity index (χ0) is 17.6. The van der Waals surface area contributed by atoms with Crippen LogP contribution in [0.15, 0.2) is 47.1 Å². The topological polar surface area (TPSA) is 118 Å². The predicted molar refractivity (Wildman–Crippen MR) is 92.0 cm³/mol. The van der Waals surface area contributed by atoms with Gasteiger partial charge in [0.05, 0.1) is 18.8 Å². The van der Waals surface area contributed by atoms with Crippen LogP contribution in [0.5, 0.6) is 0 Å². The molecule has 0 saturated carbocycles. The van der Waals surface area contributed by atoms with Crippen LogP contribution in [0.2, 0.25) is 0 Å². The normalized spacial score (nSPS) is 11.1. The molecule has 25 heavy (non-hydrogen) atoms. The molecule has 0 unspecified atom stereocenters. The molecule has 0 atom stereocenters. The number of nitrogen functional groups attached to an aromatic ring is 1. The SMILES string of the molecule is COC(=O)c1[nH]cnc1-c1c2ccc(=N)cc-2oc2cc(N)ccc12. The second-order valence-corrected chi connectivity index (χ2v) is 5.56. The Kier molecular flexibility index (Phi) is 3.28. The summed E-state index contributed by atoms with van der Waals surface area (Å²) in [5.74, 6) is 0.00145. The van der Waals surface area contributed by atoms with Crippen molar-refractivity contribution in [3.63, 3.8) is 0 Å². The smallest absolute Gasteiger partial charge is 0.356 e. The number of rotatable bonds is 2. The molecule has 0 amide bonds. The van der Waals surface area contributed by atoms with Gasteiger partial charge in [-0.05, 0) is 24.3 Å². The average Bonchev–Trinajstić information content (AvgIpc) is 3.07. The van der Waals surface area contributed by atoms with Crippen LogP contribution >= 0.6 is 0 Å². The fourth-order valence-electron chi connectivity index (χ4n) is 2.90. The molecule has 0 bridgehead atoms. The fourth-order valence-corrected chi connectivity index (χ4v) is 2.90. The molecule has 1 aromatic heterocycles. The number of nitrogens with two attached hydrogens (primary N) is 1. The van der Waals surface area contributed by atoms with E-state index < -0.39 is 5.97 Å². The van der Waals surface area contributed by atoms with Crippen molar-refractivity contribution in [2.75, 3.05) is 12.8 Å². The quantitative estimate of drug-likeness (QED) is 0.296. The lowest BCUT2D eigenvalue weighted by molar-refractivity contribution is 0.0595. The van der Waals surface area contributed by atoms with Crippen molar-refractivity contribution in [3.05, 3.63) is 53.8 Å². The number of hydrogen-bond donors (Lipinski definition) is 3. The first-order valence-corrected chi connectivity index (χ1v) is 7.51. The van der Waals surface area contributed by atoms with E-state index in [1.54, 1.807) is 30.3 Å². The molecule has 0 spiro atoms. The lowest BCUT2D eigenvalue weighted by Crippen LogP contribution is -2.05. The zero-order valence-corrected chi connectivity index (χ0v) is 13.3.